The molecule has 7 nitrogen and oxygen atoms in total. The van der Waals surface area contributed by atoms with E-state index in [0.29, 0.717) is 29.2 Å². The van der Waals surface area contributed by atoms with E-state index in [4.69, 9.17) is 9.47 Å². The van der Waals surface area contributed by atoms with Crippen LogP contribution in [0.25, 0.3) is 0 Å². The fraction of sp³-hybridized carbons (Fsp3) is 0.278. The van der Waals surface area contributed by atoms with Crippen molar-refractivity contribution < 1.29 is 22.7 Å². The summed E-state index contributed by atoms with van der Waals surface area (Å²) in [6, 6.07) is 10.7. The standard InChI is InChI=1S/C18H20N2O5S/c1-3-12(2)20-26(22,23)15-7-4-13(5-8-15)18(21)19-14-6-9-16-17(10-14)25-11-24-16/h4-10,12,20H,3,11H2,1-2H3,(H,19,21). The number of anilines is 1. The lowest BCUT2D eigenvalue weighted by Crippen LogP contribution is -2.32. The lowest BCUT2D eigenvalue weighted by atomic mass is 10.2. The molecule has 0 fully saturated rings. The maximum atomic E-state index is 12.4. The molecule has 0 aliphatic carbocycles. The van der Waals surface area contributed by atoms with Crippen molar-refractivity contribution in [2.45, 2.75) is 31.2 Å². The molecular formula is C18H20N2O5S. The number of benzene rings is 2. The first-order chi connectivity index (χ1) is 12.4. The summed E-state index contributed by atoms with van der Waals surface area (Å²) in [5.41, 5.74) is 0.916. The monoisotopic (exact) mass is 376 g/mol. The highest BCUT2D eigenvalue weighted by atomic mass is 32.2. The first-order valence-corrected chi connectivity index (χ1v) is 9.71. The number of hydrogen-bond acceptors (Lipinski definition) is 5. The Hall–Kier alpha value is -2.58. The molecule has 0 bridgehead atoms. The molecule has 26 heavy (non-hydrogen) atoms. The van der Waals surface area contributed by atoms with Gasteiger partial charge in [0.2, 0.25) is 16.8 Å². The van der Waals surface area contributed by atoms with Crippen molar-refractivity contribution >= 4 is 21.6 Å². The second-order valence-corrected chi connectivity index (χ2v) is 7.69. The molecule has 0 radical (unpaired) electrons. The average molecular weight is 376 g/mol. The van der Waals surface area contributed by atoms with Crippen LogP contribution in [0.4, 0.5) is 5.69 Å². The Balaban J connectivity index is 1.71. The van der Waals surface area contributed by atoms with Gasteiger partial charge >= 0.3 is 0 Å². The minimum Gasteiger partial charge on any atom is -0.454 e. The third-order valence-corrected chi connectivity index (χ3v) is 5.63. The van der Waals surface area contributed by atoms with Crippen molar-refractivity contribution in [3.8, 4) is 11.5 Å². The van der Waals surface area contributed by atoms with Crippen LogP contribution in [0.3, 0.4) is 0 Å². The van der Waals surface area contributed by atoms with Gasteiger partial charge < -0.3 is 14.8 Å². The summed E-state index contributed by atoms with van der Waals surface area (Å²) in [4.78, 5) is 12.5. The predicted octanol–water partition coefficient (Wildman–Crippen LogP) is 2.74. The molecular weight excluding hydrogens is 356 g/mol. The van der Waals surface area contributed by atoms with E-state index >= 15 is 0 Å². The Morgan fingerprint density at radius 2 is 1.81 bits per heavy atom. The molecule has 0 saturated heterocycles. The van der Waals surface area contributed by atoms with Gasteiger partial charge in [0.05, 0.1) is 4.90 Å². The number of ether oxygens (including phenoxy) is 2. The largest absolute Gasteiger partial charge is 0.454 e. The fourth-order valence-corrected chi connectivity index (χ4v) is 3.71. The highest BCUT2D eigenvalue weighted by Crippen LogP contribution is 2.34. The average Bonchev–Trinajstić information content (AvgIpc) is 3.09. The van der Waals surface area contributed by atoms with Crippen LogP contribution in [-0.4, -0.2) is 27.2 Å². The van der Waals surface area contributed by atoms with Gasteiger partial charge in [-0.05, 0) is 49.7 Å². The third kappa shape index (κ3) is 3.97. The smallest absolute Gasteiger partial charge is 0.255 e. The van der Waals surface area contributed by atoms with E-state index in [1.54, 1.807) is 25.1 Å². The summed E-state index contributed by atoms with van der Waals surface area (Å²) < 4.78 is 37.6. The molecule has 1 unspecified atom stereocenters. The number of hydrogen-bond donors (Lipinski definition) is 2. The van der Waals surface area contributed by atoms with E-state index in [9.17, 15) is 13.2 Å². The van der Waals surface area contributed by atoms with E-state index in [1.807, 2.05) is 6.92 Å². The van der Waals surface area contributed by atoms with Gasteiger partial charge in [0.25, 0.3) is 5.91 Å². The van der Waals surface area contributed by atoms with Crippen molar-refractivity contribution in [2.75, 3.05) is 12.1 Å². The Bertz CT molecular complexity index is 910. The number of carbonyl (C=O) groups excluding carboxylic acids is 1. The first-order valence-electron chi connectivity index (χ1n) is 8.22. The van der Waals surface area contributed by atoms with Crippen LogP contribution in [0.2, 0.25) is 0 Å². The van der Waals surface area contributed by atoms with Crippen LogP contribution in [-0.2, 0) is 10.0 Å². The number of nitrogens with one attached hydrogen (secondary N) is 2. The molecule has 2 aromatic rings. The van der Waals surface area contributed by atoms with Gasteiger partial charge in [0.15, 0.2) is 11.5 Å². The quantitative estimate of drug-likeness (QED) is 0.808. The van der Waals surface area contributed by atoms with Crippen molar-refractivity contribution in [1.82, 2.24) is 4.72 Å². The SMILES string of the molecule is CCC(C)NS(=O)(=O)c1ccc(C(=O)Nc2ccc3c(c2)OCO3)cc1. The molecule has 0 saturated carbocycles. The maximum Gasteiger partial charge on any atom is 0.255 e. The van der Waals surface area contributed by atoms with Crippen LogP contribution in [0, 0.1) is 0 Å². The van der Waals surface area contributed by atoms with Crippen LogP contribution >= 0.6 is 0 Å². The van der Waals surface area contributed by atoms with Crippen LogP contribution in [0.15, 0.2) is 47.4 Å². The van der Waals surface area contributed by atoms with Crippen LogP contribution < -0.4 is 19.5 Å². The predicted molar refractivity (Wildman–Crippen MR) is 97.0 cm³/mol. The lowest BCUT2D eigenvalue weighted by molar-refractivity contribution is 0.102. The third-order valence-electron chi connectivity index (χ3n) is 4.03. The molecule has 0 spiro atoms. The van der Waals surface area contributed by atoms with Gasteiger partial charge in [-0.2, -0.15) is 0 Å². The van der Waals surface area contributed by atoms with Crippen molar-refractivity contribution in [1.29, 1.82) is 0 Å². The summed E-state index contributed by atoms with van der Waals surface area (Å²) in [5, 5.41) is 2.75. The van der Waals surface area contributed by atoms with Gasteiger partial charge in [-0.15, -0.1) is 0 Å². The molecule has 3 rings (SSSR count). The van der Waals surface area contributed by atoms with E-state index in [-0.39, 0.29) is 23.6 Å². The highest BCUT2D eigenvalue weighted by Gasteiger charge is 2.18. The first kappa shape index (κ1) is 18.2. The van der Waals surface area contributed by atoms with Crippen molar-refractivity contribution in [3.63, 3.8) is 0 Å². The Kier molecular flexibility index (Phi) is 5.15. The molecule has 1 heterocycles. The Morgan fingerprint density at radius 1 is 1.12 bits per heavy atom. The molecule has 138 valence electrons. The highest BCUT2D eigenvalue weighted by molar-refractivity contribution is 7.89. The molecule has 1 atom stereocenters. The summed E-state index contributed by atoms with van der Waals surface area (Å²) in [6.07, 6.45) is 0.690. The second-order valence-electron chi connectivity index (χ2n) is 5.98. The number of fused-ring (bicyclic) bond motifs is 1. The Morgan fingerprint density at radius 3 is 2.50 bits per heavy atom. The van der Waals surface area contributed by atoms with E-state index in [1.165, 1.54) is 24.3 Å². The molecule has 1 aliphatic heterocycles. The molecule has 2 aromatic carbocycles. The normalized spacial score (nSPS) is 14.1. The topological polar surface area (TPSA) is 93.7 Å². The molecule has 0 aromatic heterocycles. The number of carbonyl (C=O) groups is 1. The number of amides is 1. The summed E-state index contributed by atoms with van der Waals surface area (Å²) in [7, 11) is -3.59. The number of sulfonamides is 1. The molecule has 2 N–H and O–H groups in total. The van der Waals surface area contributed by atoms with Crippen molar-refractivity contribution in [2.24, 2.45) is 0 Å². The summed E-state index contributed by atoms with van der Waals surface area (Å²) in [5.74, 6) is 0.856. The van der Waals surface area contributed by atoms with Gasteiger partial charge in [-0.3, -0.25) is 4.79 Å². The van der Waals surface area contributed by atoms with Gasteiger partial charge in [0.1, 0.15) is 0 Å². The van der Waals surface area contributed by atoms with Crippen LogP contribution in [0.5, 0.6) is 11.5 Å². The minimum atomic E-state index is -3.59. The molecule has 8 heteroatoms. The lowest BCUT2D eigenvalue weighted by Gasteiger charge is -2.12. The zero-order valence-corrected chi connectivity index (χ0v) is 15.3. The van der Waals surface area contributed by atoms with Gasteiger partial charge in [-0.1, -0.05) is 6.92 Å². The second kappa shape index (κ2) is 7.35. The van der Waals surface area contributed by atoms with E-state index in [2.05, 4.69) is 10.0 Å². The Labute approximate surface area is 152 Å². The van der Waals surface area contributed by atoms with Gasteiger partial charge in [0, 0.05) is 23.4 Å². The van der Waals surface area contributed by atoms with Gasteiger partial charge in [-0.25, -0.2) is 13.1 Å². The summed E-state index contributed by atoms with van der Waals surface area (Å²) in [6.45, 7) is 3.86. The number of rotatable bonds is 6. The zero-order valence-electron chi connectivity index (χ0n) is 14.5. The van der Waals surface area contributed by atoms with E-state index in [0.717, 1.165) is 0 Å². The van der Waals surface area contributed by atoms with Crippen LogP contribution in [0.1, 0.15) is 30.6 Å². The molecule has 1 amide bonds. The summed E-state index contributed by atoms with van der Waals surface area (Å²) >= 11 is 0. The molecule has 1 aliphatic rings. The zero-order chi connectivity index (χ0) is 18.7. The fourth-order valence-electron chi connectivity index (χ4n) is 2.38. The maximum absolute atomic E-state index is 12.4. The minimum absolute atomic E-state index is 0.123. The van der Waals surface area contributed by atoms with E-state index < -0.39 is 10.0 Å². The van der Waals surface area contributed by atoms with Crippen molar-refractivity contribution in [3.05, 3.63) is 48.0 Å².